The first-order valence-corrected chi connectivity index (χ1v) is 7.59. The molecular formula is C17H13NO2S. The zero-order valence-corrected chi connectivity index (χ0v) is 12.3. The maximum Gasteiger partial charge on any atom is 0.284 e. The Kier molecular flexibility index (Phi) is 3.71. The maximum atomic E-state index is 12.1. The summed E-state index contributed by atoms with van der Waals surface area (Å²) >= 11 is 1.27. The summed E-state index contributed by atoms with van der Waals surface area (Å²) in [5, 5.41) is 1.53. The van der Waals surface area contributed by atoms with Crippen LogP contribution in [0.5, 0.6) is 0 Å². The third-order valence-corrected chi connectivity index (χ3v) is 4.35. The van der Waals surface area contributed by atoms with E-state index < -0.39 is 0 Å². The van der Waals surface area contributed by atoms with Crippen molar-refractivity contribution >= 4 is 28.4 Å². The van der Waals surface area contributed by atoms with Gasteiger partial charge in [-0.25, -0.2) is 4.99 Å². The second-order valence-corrected chi connectivity index (χ2v) is 5.83. The van der Waals surface area contributed by atoms with E-state index in [2.05, 4.69) is 4.99 Å². The van der Waals surface area contributed by atoms with Crippen LogP contribution in [0.15, 0.2) is 53.5 Å². The average molecular weight is 295 g/mol. The van der Waals surface area contributed by atoms with Gasteiger partial charge in [0.15, 0.2) is 5.78 Å². The molecule has 0 saturated heterocycles. The molecule has 1 heterocycles. The zero-order chi connectivity index (χ0) is 14.8. The summed E-state index contributed by atoms with van der Waals surface area (Å²) in [6.07, 6.45) is 0. The van der Waals surface area contributed by atoms with Gasteiger partial charge in [0, 0.05) is 10.8 Å². The minimum absolute atomic E-state index is 0.0152. The second kappa shape index (κ2) is 5.66. The molecule has 1 amide bonds. The zero-order valence-electron chi connectivity index (χ0n) is 11.5. The first kappa shape index (κ1) is 13.8. The number of hydrogen-bond donors (Lipinski definition) is 0. The van der Waals surface area contributed by atoms with Crippen molar-refractivity contribution in [2.75, 3.05) is 5.75 Å². The van der Waals surface area contributed by atoms with Crippen molar-refractivity contribution in [1.82, 2.24) is 0 Å². The van der Waals surface area contributed by atoms with Gasteiger partial charge in [-0.2, -0.15) is 0 Å². The van der Waals surface area contributed by atoms with Crippen LogP contribution < -0.4 is 10.6 Å². The normalized spacial score (nSPS) is 13.0. The topological polar surface area (TPSA) is 46.5 Å². The van der Waals surface area contributed by atoms with Crippen LogP contribution in [0.1, 0.15) is 15.9 Å². The van der Waals surface area contributed by atoms with Gasteiger partial charge in [-0.3, -0.25) is 9.59 Å². The van der Waals surface area contributed by atoms with Crippen molar-refractivity contribution in [3.05, 3.63) is 70.2 Å². The number of nitrogens with zero attached hydrogens (tertiary/aromatic N) is 1. The Balaban J connectivity index is 1.84. The van der Waals surface area contributed by atoms with Crippen LogP contribution in [0, 0.1) is 6.92 Å². The molecule has 0 unspecified atom stereocenters. The molecule has 0 bridgehead atoms. The minimum atomic E-state index is -0.249. The lowest BCUT2D eigenvalue weighted by atomic mass is 10.2. The van der Waals surface area contributed by atoms with Crippen LogP contribution in [0.2, 0.25) is 0 Å². The van der Waals surface area contributed by atoms with Gasteiger partial charge in [-0.1, -0.05) is 42.5 Å². The monoisotopic (exact) mass is 295 g/mol. The number of aryl methyl sites for hydroxylation is 1. The fourth-order valence-corrected chi connectivity index (χ4v) is 3.13. The molecule has 2 aromatic rings. The number of fused-ring (bicyclic) bond motifs is 1. The van der Waals surface area contributed by atoms with Gasteiger partial charge in [0.05, 0.1) is 16.0 Å². The maximum absolute atomic E-state index is 12.1. The van der Waals surface area contributed by atoms with Crippen molar-refractivity contribution in [2.45, 2.75) is 6.92 Å². The van der Waals surface area contributed by atoms with Crippen LogP contribution in [-0.2, 0) is 4.79 Å². The summed E-state index contributed by atoms with van der Waals surface area (Å²) in [7, 11) is 0. The lowest BCUT2D eigenvalue weighted by Gasteiger charge is -2.01. The third-order valence-electron chi connectivity index (χ3n) is 3.26. The number of Topliss-reactive ketones (excluding diaryl/α,β-unsaturated/α-hetero) is 1. The van der Waals surface area contributed by atoms with E-state index in [9.17, 15) is 9.59 Å². The number of benzene rings is 2. The van der Waals surface area contributed by atoms with Crippen molar-refractivity contribution in [1.29, 1.82) is 0 Å². The van der Waals surface area contributed by atoms with Crippen LogP contribution in [0.3, 0.4) is 0 Å². The van der Waals surface area contributed by atoms with Crippen molar-refractivity contribution in [3.63, 3.8) is 0 Å². The SMILES string of the molecule is Cc1ccc2c(c1)=NC(=O)C=2SCC(=O)c1ccccc1. The minimum Gasteiger partial charge on any atom is -0.293 e. The summed E-state index contributed by atoms with van der Waals surface area (Å²) in [5.74, 6) is 0.0106. The number of ketones is 1. The smallest absolute Gasteiger partial charge is 0.284 e. The van der Waals surface area contributed by atoms with E-state index in [1.165, 1.54) is 11.8 Å². The largest absolute Gasteiger partial charge is 0.293 e. The fraction of sp³-hybridized carbons (Fsp3) is 0.118. The fourth-order valence-electron chi connectivity index (χ4n) is 2.19. The summed E-state index contributed by atoms with van der Waals surface area (Å²) in [5.41, 5.74) is 1.73. The Morgan fingerprint density at radius 3 is 2.67 bits per heavy atom. The van der Waals surface area contributed by atoms with Gasteiger partial charge >= 0.3 is 0 Å². The highest BCUT2D eigenvalue weighted by atomic mass is 32.2. The number of rotatable bonds is 4. The van der Waals surface area contributed by atoms with Crippen molar-refractivity contribution < 1.29 is 9.59 Å². The summed E-state index contributed by atoms with van der Waals surface area (Å²) in [6.45, 7) is 1.96. The molecule has 3 rings (SSSR count). The van der Waals surface area contributed by atoms with Crippen LogP contribution >= 0.6 is 11.8 Å². The number of carbonyl (C=O) groups is 2. The molecular weight excluding hydrogens is 282 g/mol. The van der Waals surface area contributed by atoms with Gasteiger partial charge in [-0.15, -0.1) is 11.8 Å². The Labute approximate surface area is 126 Å². The van der Waals surface area contributed by atoms with Gasteiger partial charge in [-0.05, 0) is 18.6 Å². The molecule has 1 aliphatic heterocycles. The molecule has 0 saturated carbocycles. The Bertz CT molecular complexity index is 841. The molecule has 0 fully saturated rings. The molecule has 0 spiro atoms. The first-order chi connectivity index (χ1) is 10.1. The van der Waals surface area contributed by atoms with E-state index in [0.717, 1.165) is 10.8 Å². The predicted octanol–water partition coefficient (Wildman–Crippen LogP) is 1.88. The van der Waals surface area contributed by atoms with E-state index in [1.54, 1.807) is 12.1 Å². The van der Waals surface area contributed by atoms with Crippen LogP contribution in [-0.4, -0.2) is 17.4 Å². The molecule has 3 nitrogen and oxygen atoms in total. The van der Waals surface area contributed by atoms with Gasteiger partial charge in [0.25, 0.3) is 5.91 Å². The number of carbonyl (C=O) groups excluding carboxylic acids is 2. The summed E-state index contributed by atoms with van der Waals surface area (Å²) in [6, 6.07) is 14.8. The lowest BCUT2D eigenvalue weighted by Crippen LogP contribution is -2.22. The number of thioether (sulfide) groups is 1. The molecule has 0 atom stereocenters. The standard InChI is InChI=1S/C17H13NO2S/c1-11-7-8-13-14(9-11)18-17(20)16(13)21-10-15(19)12-5-3-2-4-6-12/h2-9H,10H2,1H3. The quantitative estimate of drug-likeness (QED) is 0.809. The van der Waals surface area contributed by atoms with Crippen molar-refractivity contribution in [2.24, 2.45) is 4.99 Å². The first-order valence-electron chi connectivity index (χ1n) is 6.60. The van der Waals surface area contributed by atoms with Crippen LogP contribution in [0.25, 0.3) is 4.91 Å². The number of amides is 1. The highest BCUT2D eigenvalue weighted by Gasteiger charge is 2.18. The molecule has 0 aliphatic carbocycles. The third kappa shape index (κ3) is 2.81. The van der Waals surface area contributed by atoms with Crippen LogP contribution in [0.4, 0.5) is 0 Å². The number of hydrogen-bond acceptors (Lipinski definition) is 3. The average Bonchev–Trinajstić information content (AvgIpc) is 2.80. The molecule has 21 heavy (non-hydrogen) atoms. The second-order valence-electron chi connectivity index (χ2n) is 4.84. The molecule has 4 heteroatoms. The molecule has 0 N–H and O–H groups in total. The molecule has 2 aromatic carbocycles. The molecule has 0 aromatic heterocycles. The van der Waals surface area contributed by atoms with Gasteiger partial charge in [0.1, 0.15) is 0 Å². The highest BCUT2D eigenvalue weighted by molar-refractivity contribution is 8.09. The van der Waals surface area contributed by atoms with E-state index >= 15 is 0 Å². The Hall–Kier alpha value is -2.20. The molecule has 104 valence electrons. The van der Waals surface area contributed by atoms with Gasteiger partial charge in [0.2, 0.25) is 0 Å². The van der Waals surface area contributed by atoms with E-state index in [4.69, 9.17) is 0 Å². The van der Waals surface area contributed by atoms with E-state index in [-0.39, 0.29) is 17.4 Å². The summed E-state index contributed by atoms with van der Waals surface area (Å²) < 4.78 is 0. The highest BCUT2D eigenvalue weighted by Crippen LogP contribution is 2.20. The van der Waals surface area contributed by atoms with Crippen molar-refractivity contribution in [3.8, 4) is 0 Å². The predicted molar refractivity (Wildman–Crippen MR) is 83.6 cm³/mol. The van der Waals surface area contributed by atoms with Gasteiger partial charge < -0.3 is 0 Å². The Morgan fingerprint density at radius 2 is 1.90 bits per heavy atom. The lowest BCUT2D eigenvalue weighted by molar-refractivity contribution is -0.112. The Morgan fingerprint density at radius 1 is 1.14 bits per heavy atom. The molecule has 1 aliphatic rings. The van der Waals surface area contributed by atoms with E-state index in [0.29, 0.717) is 15.8 Å². The molecule has 0 radical (unpaired) electrons. The van der Waals surface area contributed by atoms with E-state index in [1.807, 2.05) is 43.3 Å². The summed E-state index contributed by atoms with van der Waals surface area (Å²) in [4.78, 5) is 28.7.